The van der Waals surface area contributed by atoms with E-state index >= 15 is 0 Å². The second kappa shape index (κ2) is 7.32. The van der Waals surface area contributed by atoms with Gasteiger partial charge >= 0.3 is 11.2 Å². The van der Waals surface area contributed by atoms with Crippen LogP contribution in [0.4, 0.5) is 11.4 Å². The van der Waals surface area contributed by atoms with Crippen LogP contribution in [0.3, 0.4) is 0 Å². The summed E-state index contributed by atoms with van der Waals surface area (Å²) in [5.74, 6) is 0. The Morgan fingerprint density at radius 3 is 2.46 bits per heavy atom. The molecule has 4 aromatic rings. The van der Waals surface area contributed by atoms with E-state index in [1.165, 1.54) is 4.57 Å². The molecule has 0 radical (unpaired) electrons. The Kier molecular flexibility index (Phi) is 4.55. The Hall–Kier alpha value is -4.00. The SMILES string of the molecule is O=c1c([N+](=O)[O-])c(NCc2cccnc2)c2ccccc2n1-c1ccccc1. The summed E-state index contributed by atoms with van der Waals surface area (Å²) < 4.78 is 1.38. The average Bonchev–Trinajstić information content (AvgIpc) is 2.73. The predicted octanol–water partition coefficient (Wildman–Crippen LogP) is 3.91. The van der Waals surface area contributed by atoms with Crippen LogP contribution in [-0.4, -0.2) is 14.5 Å². The zero-order chi connectivity index (χ0) is 19.5. The van der Waals surface area contributed by atoms with Crippen molar-refractivity contribution in [2.75, 3.05) is 5.32 Å². The summed E-state index contributed by atoms with van der Waals surface area (Å²) in [7, 11) is 0. The number of rotatable bonds is 5. The van der Waals surface area contributed by atoms with Gasteiger partial charge in [-0.1, -0.05) is 42.5 Å². The summed E-state index contributed by atoms with van der Waals surface area (Å²) in [5.41, 5.74) is 1.08. The molecule has 4 rings (SSSR count). The van der Waals surface area contributed by atoms with Crippen molar-refractivity contribution in [3.05, 3.63) is 105 Å². The van der Waals surface area contributed by atoms with Crippen LogP contribution in [0.2, 0.25) is 0 Å². The second-order valence-corrected chi connectivity index (χ2v) is 6.19. The Morgan fingerprint density at radius 1 is 1.00 bits per heavy atom. The van der Waals surface area contributed by atoms with Crippen molar-refractivity contribution in [1.82, 2.24) is 9.55 Å². The van der Waals surface area contributed by atoms with Crippen LogP contribution in [0.5, 0.6) is 0 Å². The van der Waals surface area contributed by atoms with Crippen LogP contribution < -0.4 is 10.9 Å². The molecule has 2 aromatic heterocycles. The van der Waals surface area contributed by atoms with Crippen molar-refractivity contribution in [1.29, 1.82) is 0 Å². The van der Waals surface area contributed by atoms with Gasteiger partial charge in [0.15, 0.2) is 0 Å². The van der Waals surface area contributed by atoms with Crippen molar-refractivity contribution in [3.8, 4) is 5.69 Å². The van der Waals surface area contributed by atoms with Gasteiger partial charge < -0.3 is 5.32 Å². The fourth-order valence-electron chi connectivity index (χ4n) is 3.20. The first kappa shape index (κ1) is 17.4. The Morgan fingerprint density at radius 2 is 1.75 bits per heavy atom. The Labute approximate surface area is 160 Å². The fourth-order valence-corrected chi connectivity index (χ4v) is 3.20. The maximum atomic E-state index is 13.1. The van der Waals surface area contributed by atoms with Crippen molar-refractivity contribution in [2.45, 2.75) is 6.54 Å². The van der Waals surface area contributed by atoms with Crippen LogP contribution in [0, 0.1) is 10.1 Å². The number of fused-ring (bicyclic) bond motifs is 1. The molecular weight excluding hydrogens is 356 g/mol. The van der Waals surface area contributed by atoms with Gasteiger partial charge in [0.2, 0.25) is 0 Å². The van der Waals surface area contributed by atoms with E-state index in [1.807, 2.05) is 12.1 Å². The first-order valence-electron chi connectivity index (χ1n) is 8.67. The third kappa shape index (κ3) is 3.09. The highest BCUT2D eigenvalue weighted by Gasteiger charge is 2.26. The van der Waals surface area contributed by atoms with Crippen LogP contribution in [0.1, 0.15) is 5.56 Å². The number of anilines is 1. The summed E-state index contributed by atoms with van der Waals surface area (Å²) in [6, 6.07) is 19.7. The normalized spacial score (nSPS) is 10.7. The standard InChI is InChI=1S/C21H16N4O3/c26-21-20(25(27)28)19(23-14-15-7-6-12-22-13-15)17-10-4-5-11-18(17)24(21)16-8-2-1-3-9-16/h1-13,23H,14H2. The van der Waals surface area contributed by atoms with E-state index in [0.29, 0.717) is 23.1 Å². The number of aromatic nitrogens is 2. The average molecular weight is 372 g/mol. The summed E-state index contributed by atoms with van der Waals surface area (Å²) >= 11 is 0. The maximum Gasteiger partial charge on any atom is 0.357 e. The third-order valence-corrected chi connectivity index (χ3v) is 4.45. The number of pyridine rings is 2. The number of nitro groups is 1. The van der Waals surface area contributed by atoms with Crippen LogP contribution in [0.25, 0.3) is 16.6 Å². The molecule has 138 valence electrons. The molecule has 2 aromatic carbocycles. The van der Waals surface area contributed by atoms with Crippen molar-refractivity contribution in [2.24, 2.45) is 0 Å². The van der Waals surface area contributed by atoms with Crippen molar-refractivity contribution < 1.29 is 4.92 Å². The largest absolute Gasteiger partial charge is 0.375 e. The molecule has 0 amide bonds. The topological polar surface area (TPSA) is 90.1 Å². The van der Waals surface area contributed by atoms with Gasteiger partial charge in [0, 0.05) is 30.0 Å². The highest BCUT2D eigenvalue weighted by atomic mass is 16.6. The lowest BCUT2D eigenvalue weighted by atomic mass is 10.1. The number of hydrogen-bond donors (Lipinski definition) is 1. The number of hydrogen-bond acceptors (Lipinski definition) is 5. The van der Waals surface area contributed by atoms with Crippen molar-refractivity contribution in [3.63, 3.8) is 0 Å². The lowest BCUT2D eigenvalue weighted by Crippen LogP contribution is -2.23. The molecular formula is C21H16N4O3. The lowest BCUT2D eigenvalue weighted by Gasteiger charge is -2.15. The number of nitrogens with one attached hydrogen (secondary N) is 1. The minimum atomic E-state index is -0.677. The van der Waals surface area contributed by atoms with Crippen LogP contribution >= 0.6 is 0 Å². The predicted molar refractivity (Wildman–Crippen MR) is 108 cm³/mol. The zero-order valence-electron chi connectivity index (χ0n) is 14.8. The van der Waals surface area contributed by atoms with E-state index in [1.54, 1.807) is 67.0 Å². The first-order chi connectivity index (χ1) is 13.7. The first-order valence-corrected chi connectivity index (χ1v) is 8.67. The molecule has 1 N–H and O–H groups in total. The maximum absolute atomic E-state index is 13.1. The molecule has 28 heavy (non-hydrogen) atoms. The summed E-state index contributed by atoms with van der Waals surface area (Å²) in [4.78, 5) is 28.4. The van der Waals surface area contributed by atoms with E-state index in [9.17, 15) is 14.9 Å². The molecule has 0 unspecified atom stereocenters. The molecule has 0 aliphatic heterocycles. The molecule has 0 spiro atoms. The number of para-hydroxylation sites is 2. The van der Waals surface area contributed by atoms with Crippen LogP contribution in [-0.2, 0) is 6.54 Å². The molecule has 0 atom stereocenters. The number of benzene rings is 2. The summed E-state index contributed by atoms with van der Waals surface area (Å²) in [5, 5.41) is 15.5. The van der Waals surface area contributed by atoms with Gasteiger partial charge in [-0.15, -0.1) is 0 Å². The molecule has 0 aliphatic carbocycles. The molecule has 0 fully saturated rings. The molecule has 0 bridgehead atoms. The van der Waals surface area contributed by atoms with E-state index in [0.717, 1.165) is 5.56 Å². The third-order valence-electron chi connectivity index (χ3n) is 4.45. The Balaban J connectivity index is 1.96. The minimum Gasteiger partial charge on any atom is -0.375 e. The highest BCUT2D eigenvalue weighted by molar-refractivity contribution is 5.97. The van der Waals surface area contributed by atoms with Gasteiger partial charge in [-0.3, -0.25) is 24.5 Å². The second-order valence-electron chi connectivity index (χ2n) is 6.19. The van der Waals surface area contributed by atoms with Gasteiger partial charge in [-0.05, 0) is 29.8 Å². The highest BCUT2D eigenvalue weighted by Crippen LogP contribution is 2.31. The van der Waals surface area contributed by atoms with Gasteiger partial charge in [-0.25, -0.2) is 0 Å². The molecule has 0 aliphatic rings. The van der Waals surface area contributed by atoms with Gasteiger partial charge in [0.05, 0.1) is 10.4 Å². The minimum absolute atomic E-state index is 0.210. The van der Waals surface area contributed by atoms with Gasteiger partial charge in [0.1, 0.15) is 5.69 Å². The van der Waals surface area contributed by atoms with E-state index in [2.05, 4.69) is 10.3 Å². The Bertz CT molecular complexity index is 1200. The smallest absolute Gasteiger partial charge is 0.357 e. The van der Waals surface area contributed by atoms with Gasteiger partial charge in [-0.2, -0.15) is 0 Å². The van der Waals surface area contributed by atoms with Crippen molar-refractivity contribution >= 4 is 22.3 Å². The quantitative estimate of drug-likeness (QED) is 0.424. The lowest BCUT2D eigenvalue weighted by molar-refractivity contribution is -0.385. The van der Waals surface area contributed by atoms with Gasteiger partial charge in [0.25, 0.3) is 0 Å². The molecule has 2 heterocycles. The van der Waals surface area contributed by atoms with E-state index in [-0.39, 0.29) is 5.69 Å². The van der Waals surface area contributed by atoms with Crippen LogP contribution in [0.15, 0.2) is 83.9 Å². The fraction of sp³-hybridized carbons (Fsp3) is 0.0476. The van der Waals surface area contributed by atoms with E-state index < -0.39 is 16.2 Å². The van der Waals surface area contributed by atoms with E-state index in [4.69, 9.17) is 0 Å². The molecule has 7 heteroatoms. The zero-order valence-corrected chi connectivity index (χ0v) is 14.8. The molecule has 0 saturated heterocycles. The summed E-state index contributed by atoms with van der Waals surface area (Å²) in [6.07, 6.45) is 3.33. The molecule has 0 saturated carbocycles. The number of nitrogens with zero attached hydrogens (tertiary/aromatic N) is 3. The monoisotopic (exact) mass is 372 g/mol. The summed E-state index contributed by atoms with van der Waals surface area (Å²) in [6.45, 7) is 0.313. The molecule has 7 nitrogen and oxygen atoms in total.